The predicted octanol–water partition coefficient (Wildman–Crippen LogP) is 3.39. The number of nitrogens with zero attached hydrogens (tertiary/aromatic N) is 4. The molecular formula is C19H22N4OS. The van der Waals surface area contributed by atoms with E-state index in [0.717, 1.165) is 44.4 Å². The number of hydrogen-bond donors (Lipinski definition) is 0. The summed E-state index contributed by atoms with van der Waals surface area (Å²) >= 11 is 1.75. The lowest BCUT2D eigenvalue weighted by Crippen LogP contribution is -2.41. The van der Waals surface area contributed by atoms with Crippen LogP contribution in [0.1, 0.15) is 17.3 Å². The van der Waals surface area contributed by atoms with Gasteiger partial charge in [-0.05, 0) is 36.1 Å². The third kappa shape index (κ3) is 3.51. The molecule has 4 heterocycles. The molecule has 25 heavy (non-hydrogen) atoms. The Morgan fingerprint density at radius 2 is 2.04 bits per heavy atom. The molecule has 130 valence electrons. The third-order valence-electron chi connectivity index (χ3n) is 4.67. The van der Waals surface area contributed by atoms with Gasteiger partial charge in [-0.15, -0.1) is 11.3 Å². The summed E-state index contributed by atoms with van der Waals surface area (Å²) in [5, 5.41) is 2.13. The lowest BCUT2D eigenvalue weighted by Gasteiger charge is -2.34. The Bertz CT molecular complexity index is 808. The van der Waals surface area contributed by atoms with E-state index >= 15 is 0 Å². The van der Waals surface area contributed by atoms with Gasteiger partial charge in [-0.3, -0.25) is 9.88 Å². The lowest BCUT2D eigenvalue weighted by atomic mass is 10.1. The van der Waals surface area contributed by atoms with Crippen molar-refractivity contribution in [2.75, 3.05) is 26.3 Å². The molecule has 0 radical (unpaired) electrons. The molecule has 0 bridgehead atoms. The van der Waals surface area contributed by atoms with E-state index in [-0.39, 0.29) is 6.04 Å². The second-order valence-corrected chi connectivity index (χ2v) is 7.17. The molecule has 3 aromatic heterocycles. The van der Waals surface area contributed by atoms with Crippen molar-refractivity contribution in [1.29, 1.82) is 0 Å². The minimum Gasteiger partial charge on any atom is -0.379 e. The van der Waals surface area contributed by atoms with Crippen molar-refractivity contribution in [3.05, 3.63) is 59.5 Å². The molecule has 3 aromatic rings. The van der Waals surface area contributed by atoms with Crippen LogP contribution in [0.4, 0.5) is 0 Å². The number of aryl methyl sites for hydroxylation is 1. The minimum atomic E-state index is 0.221. The largest absolute Gasteiger partial charge is 0.379 e. The van der Waals surface area contributed by atoms with E-state index in [2.05, 4.69) is 56.1 Å². The van der Waals surface area contributed by atoms with Crippen LogP contribution in [-0.4, -0.2) is 45.7 Å². The fourth-order valence-electron chi connectivity index (χ4n) is 3.31. The van der Waals surface area contributed by atoms with E-state index in [1.807, 2.05) is 18.5 Å². The van der Waals surface area contributed by atoms with Gasteiger partial charge < -0.3 is 9.30 Å². The molecule has 1 fully saturated rings. The van der Waals surface area contributed by atoms with E-state index in [4.69, 9.17) is 4.74 Å². The Morgan fingerprint density at radius 3 is 2.76 bits per heavy atom. The predicted molar refractivity (Wildman–Crippen MR) is 99.6 cm³/mol. The topological polar surface area (TPSA) is 43.2 Å². The Kier molecular flexibility index (Phi) is 4.92. The number of imidazole rings is 1. The molecule has 0 amide bonds. The summed E-state index contributed by atoms with van der Waals surface area (Å²) < 4.78 is 7.80. The maximum Gasteiger partial charge on any atom is 0.150 e. The number of morpholine rings is 1. The van der Waals surface area contributed by atoms with Crippen LogP contribution in [0.3, 0.4) is 0 Å². The van der Waals surface area contributed by atoms with Crippen molar-refractivity contribution in [3.63, 3.8) is 0 Å². The summed E-state index contributed by atoms with van der Waals surface area (Å²) in [4.78, 5) is 13.0. The second kappa shape index (κ2) is 7.47. The highest BCUT2D eigenvalue weighted by atomic mass is 32.1. The average Bonchev–Trinajstić information content (AvgIpc) is 3.29. The molecule has 4 rings (SSSR count). The molecule has 0 saturated carbocycles. The van der Waals surface area contributed by atoms with Gasteiger partial charge in [0.15, 0.2) is 0 Å². The quantitative estimate of drug-likeness (QED) is 0.704. The van der Waals surface area contributed by atoms with Gasteiger partial charge in [0.05, 0.1) is 29.8 Å². The summed E-state index contributed by atoms with van der Waals surface area (Å²) in [5.74, 6) is 1.04. The molecule has 0 aliphatic carbocycles. The van der Waals surface area contributed by atoms with Crippen LogP contribution < -0.4 is 0 Å². The van der Waals surface area contributed by atoms with Crippen molar-refractivity contribution in [2.45, 2.75) is 19.5 Å². The molecule has 6 heteroatoms. The first-order valence-electron chi connectivity index (χ1n) is 8.61. The molecule has 1 saturated heterocycles. The fourth-order valence-corrected chi connectivity index (χ4v) is 4.25. The second-order valence-electron chi connectivity index (χ2n) is 6.25. The lowest BCUT2D eigenvalue weighted by molar-refractivity contribution is 0.0115. The molecule has 0 aromatic carbocycles. The number of aromatic nitrogens is 3. The third-order valence-corrected chi connectivity index (χ3v) is 5.68. The van der Waals surface area contributed by atoms with Gasteiger partial charge in [-0.2, -0.15) is 0 Å². The summed E-state index contributed by atoms with van der Waals surface area (Å²) in [7, 11) is 0. The monoisotopic (exact) mass is 354 g/mol. The highest BCUT2D eigenvalue weighted by molar-refractivity contribution is 7.13. The number of pyridine rings is 1. The zero-order chi connectivity index (χ0) is 17.1. The van der Waals surface area contributed by atoms with E-state index in [1.165, 1.54) is 10.4 Å². The smallest absolute Gasteiger partial charge is 0.150 e. The van der Waals surface area contributed by atoms with Crippen molar-refractivity contribution < 1.29 is 4.74 Å². The molecule has 5 nitrogen and oxygen atoms in total. The Labute approximate surface area is 151 Å². The molecule has 1 aliphatic heterocycles. The van der Waals surface area contributed by atoms with Gasteiger partial charge in [0.2, 0.25) is 0 Å². The Balaban J connectivity index is 1.66. The van der Waals surface area contributed by atoms with E-state index < -0.39 is 0 Å². The highest BCUT2D eigenvalue weighted by Gasteiger charge is 2.25. The number of rotatable bonds is 5. The molecule has 1 aliphatic rings. The first-order chi connectivity index (χ1) is 12.3. The van der Waals surface area contributed by atoms with Crippen LogP contribution in [0.25, 0.3) is 10.7 Å². The van der Waals surface area contributed by atoms with Gasteiger partial charge in [0, 0.05) is 38.2 Å². The Hall–Kier alpha value is -2.02. The van der Waals surface area contributed by atoms with Gasteiger partial charge in [0.25, 0.3) is 0 Å². The maximum atomic E-state index is 5.54. The van der Waals surface area contributed by atoms with Crippen LogP contribution in [0, 0.1) is 6.92 Å². The Morgan fingerprint density at radius 1 is 1.16 bits per heavy atom. The van der Waals surface area contributed by atoms with E-state index in [1.54, 1.807) is 11.3 Å². The summed E-state index contributed by atoms with van der Waals surface area (Å²) in [6.07, 6.45) is 5.84. The van der Waals surface area contributed by atoms with Gasteiger partial charge in [0.1, 0.15) is 5.82 Å². The van der Waals surface area contributed by atoms with E-state index in [0.29, 0.717) is 0 Å². The summed E-state index contributed by atoms with van der Waals surface area (Å²) in [5.41, 5.74) is 2.38. The van der Waals surface area contributed by atoms with Gasteiger partial charge >= 0.3 is 0 Å². The molecular weight excluding hydrogens is 332 g/mol. The van der Waals surface area contributed by atoms with Crippen LogP contribution >= 0.6 is 11.3 Å². The summed E-state index contributed by atoms with van der Waals surface area (Å²) in [6.45, 7) is 6.41. The summed E-state index contributed by atoms with van der Waals surface area (Å²) in [6, 6.07) is 8.52. The fraction of sp³-hybridized carbons (Fsp3) is 0.368. The first-order valence-corrected chi connectivity index (χ1v) is 9.49. The first kappa shape index (κ1) is 16.4. The van der Waals surface area contributed by atoms with Crippen LogP contribution in [0.2, 0.25) is 0 Å². The van der Waals surface area contributed by atoms with Crippen molar-refractivity contribution in [1.82, 2.24) is 19.4 Å². The maximum absolute atomic E-state index is 5.54. The molecule has 0 unspecified atom stereocenters. The molecule has 0 N–H and O–H groups in total. The molecule has 0 spiro atoms. The SMILES string of the molecule is Cc1ccsc1-c1nccn1C[C@H](c1ccccn1)N1CCOCC1. The zero-order valence-corrected chi connectivity index (χ0v) is 15.2. The number of thiophene rings is 1. The molecule has 1 atom stereocenters. The van der Waals surface area contributed by atoms with Gasteiger partial charge in [-0.25, -0.2) is 4.98 Å². The van der Waals surface area contributed by atoms with Crippen LogP contribution in [0.15, 0.2) is 48.2 Å². The standard InChI is InChI=1S/C19H22N4OS/c1-15-5-13-25-18(15)19-21-7-8-23(19)14-17(16-4-2-3-6-20-16)22-9-11-24-12-10-22/h2-8,13,17H,9-12,14H2,1H3/t17-/m1/s1. The van der Waals surface area contributed by atoms with Crippen molar-refractivity contribution in [2.24, 2.45) is 0 Å². The normalized spacial score (nSPS) is 16.8. The number of ether oxygens (including phenoxy) is 1. The van der Waals surface area contributed by atoms with E-state index in [9.17, 15) is 0 Å². The van der Waals surface area contributed by atoms with Crippen molar-refractivity contribution >= 4 is 11.3 Å². The zero-order valence-electron chi connectivity index (χ0n) is 14.3. The minimum absolute atomic E-state index is 0.221. The van der Waals surface area contributed by atoms with Crippen LogP contribution in [0.5, 0.6) is 0 Å². The van der Waals surface area contributed by atoms with Gasteiger partial charge in [-0.1, -0.05) is 6.07 Å². The average molecular weight is 354 g/mol. The highest BCUT2D eigenvalue weighted by Crippen LogP contribution is 2.30. The van der Waals surface area contributed by atoms with Crippen LogP contribution in [-0.2, 0) is 11.3 Å². The number of hydrogen-bond acceptors (Lipinski definition) is 5. The van der Waals surface area contributed by atoms with Crippen molar-refractivity contribution in [3.8, 4) is 10.7 Å².